The van der Waals surface area contributed by atoms with E-state index >= 15 is 0 Å². The largest absolute Gasteiger partial charge is 0.489 e. The number of ether oxygens (including phenoxy) is 2. The molecule has 1 aliphatic rings. The van der Waals surface area contributed by atoms with Crippen molar-refractivity contribution in [3.05, 3.63) is 29.3 Å². The van der Waals surface area contributed by atoms with Gasteiger partial charge in [0.05, 0.1) is 5.56 Å². The second-order valence-electron chi connectivity index (χ2n) is 3.00. The lowest BCUT2D eigenvalue weighted by Gasteiger charge is -2.04. The average Bonchev–Trinajstić information content (AvgIpc) is 2.40. The highest BCUT2D eigenvalue weighted by molar-refractivity contribution is 5.95. The Balaban J connectivity index is 2.47. The first-order valence-electron chi connectivity index (χ1n) is 4.36. The molecule has 0 aliphatic carbocycles. The summed E-state index contributed by atoms with van der Waals surface area (Å²) in [5.41, 5.74) is 0.348. The molecule has 0 amide bonds. The number of cyclic esters (lactones) is 1. The molecule has 1 aliphatic heterocycles. The summed E-state index contributed by atoms with van der Waals surface area (Å²) >= 11 is 0. The first kappa shape index (κ1) is 9.51. The van der Waals surface area contributed by atoms with Crippen molar-refractivity contribution in [2.45, 2.75) is 0 Å². The number of rotatable bonds is 1. The molecule has 2 rings (SSSR count). The molecular weight excluding hydrogens is 200 g/mol. The van der Waals surface area contributed by atoms with Crippen LogP contribution in [0.25, 0.3) is 0 Å². The van der Waals surface area contributed by atoms with Crippen LogP contribution in [0.15, 0.2) is 18.2 Å². The second kappa shape index (κ2) is 3.61. The van der Waals surface area contributed by atoms with Gasteiger partial charge in [0.15, 0.2) is 0 Å². The minimum atomic E-state index is -1.06. The van der Waals surface area contributed by atoms with E-state index in [4.69, 9.17) is 14.6 Å². The lowest BCUT2D eigenvalue weighted by molar-refractivity contribution is 0.0492. The summed E-state index contributed by atoms with van der Waals surface area (Å²) in [5, 5.41) is 8.75. The van der Waals surface area contributed by atoms with Gasteiger partial charge < -0.3 is 14.6 Å². The molecule has 1 aromatic carbocycles. The standard InChI is InChI=1S/C10H8O5/c11-9(12)6-1-2-7-8(5-6)14-3-4-15-10(7)13/h1-2,5H,3-4H2,(H,11,12). The zero-order valence-corrected chi connectivity index (χ0v) is 7.73. The summed E-state index contributed by atoms with van der Waals surface area (Å²) < 4.78 is 10.0. The molecule has 0 unspecified atom stereocenters. The minimum absolute atomic E-state index is 0.0865. The molecule has 0 radical (unpaired) electrons. The van der Waals surface area contributed by atoms with Gasteiger partial charge in [-0.1, -0.05) is 0 Å². The Bertz CT molecular complexity index is 424. The van der Waals surface area contributed by atoms with E-state index in [-0.39, 0.29) is 30.1 Å². The third-order valence-electron chi connectivity index (χ3n) is 2.02. The minimum Gasteiger partial charge on any atom is -0.489 e. The highest BCUT2D eigenvalue weighted by Crippen LogP contribution is 2.23. The maximum absolute atomic E-state index is 11.3. The van der Waals surface area contributed by atoms with Crippen LogP contribution in [0.3, 0.4) is 0 Å². The number of fused-ring (bicyclic) bond motifs is 1. The van der Waals surface area contributed by atoms with Gasteiger partial charge in [0.2, 0.25) is 0 Å². The third-order valence-corrected chi connectivity index (χ3v) is 2.02. The Morgan fingerprint density at radius 2 is 2.00 bits per heavy atom. The van der Waals surface area contributed by atoms with Gasteiger partial charge in [-0.25, -0.2) is 9.59 Å². The molecule has 5 nitrogen and oxygen atoms in total. The Labute approximate surface area is 85.2 Å². The molecule has 0 spiro atoms. The number of esters is 1. The molecule has 1 N–H and O–H groups in total. The zero-order chi connectivity index (χ0) is 10.8. The number of carboxylic acids is 1. The molecule has 0 aromatic heterocycles. The van der Waals surface area contributed by atoms with Crippen LogP contribution in [-0.4, -0.2) is 30.3 Å². The molecule has 1 heterocycles. The van der Waals surface area contributed by atoms with E-state index in [1.807, 2.05) is 0 Å². The summed E-state index contributed by atoms with van der Waals surface area (Å²) in [4.78, 5) is 22.0. The summed E-state index contributed by atoms with van der Waals surface area (Å²) in [7, 11) is 0. The van der Waals surface area contributed by atoms with Crippen LogP contribution in [0.2, 0.25) is 0 Å². The Hall–Kier alpha value is -2.04. The Morgan fingerprint density at radius 3 is 2.73 bits per heavy atom. The number of carboxylic acid groups (broad SMARTS) is 1. The van der Waals surface area contributed by atoms with Crippen molar-refractivity contribution in [1.82, 2.24) is 0 Å². The van der Waals surface area contributed by atoms with Crippen LogP contribution in [0.4, 0.5) is 0 Å². The third kappa shape index (κ3) is 1.76. The number of carbonyl (C=O) groups is 2. The molecule has 0 saturated carbocycles. The number of hydrogen-bond donors (Lipinski definition) is 1. The molecule has 5 heteroatoms. The van der Waals surface area contributed by atoms with Gasteiger partial charge in [-0.05, 0) is 18.2 Å². The van der Waals surface area contributed by atoms with Crippen molar-refractivity contribution >= 4 is 11.9 Å². The summed E-state index contributed by atoms with van der Waals surface area (Å²) in [6, 6.07) is 4.06. The number of carbonyl (C=O) groups excluding carboxylic acids is 1. The van der Waals surface area contributed by atoms with E-state index < -0.39 is 11.9 Å². The van der Waals surface area contributed by atoms with Gasteiger partial charge in [0.25, 0.3) is 0 Å². The van der Waals surface area contributed by atoms with E-state index in [1.54, 1.807) is 0 Å². The van der Waals surface area contributed by atoms with Gasteiger partial charge in [0, 0.05) is 0 Å². The normalized spacial score (nSPS) is 14.5. The number of hydrogen-bond acceptors (Lipinski definition) is 4. The molecular formula is C10H8O5. The second-order valence-corrected chi connectivity index (χ2v) is 3.00. The van der Waals surface area contributed by atoms with Crippen molar-refractivity contribution in [2.24, 2.45) is 0 Å². The summed E-state index contributed by atoms with van der Waals surface area (Å²) in [6.45, 7) is 0.414. The maximum atomic E-state index is 11.3. The van der Waals surface area contributed by atoms with Gasteiger partial charge in [0.1, 0.15) is 24.5 Å². The molecule has 15 heavy (non-hydrogen) atoms. The summed E-state index contributed by atoms with van der Waals surface area (Å²) in [5.74, 6) is -1.28. The van der Waals surface area contributed by atoms with Crippen molar-refractivity contribution in [2.75, 3.05) is 13.2 Å². The lowest BCUT2D eigenvalue weighted by Crippen LogP contribution is -2.05. The van der Waals surface area contributed by atoms with Gasteiger partial charge in [-0.15, -0.1) is 0 Å². The van der Waals surface area contributed by atoms with Gasteiger partial charge in [-0.3, -0.25) is 0 Å². The van der Waals surface area contributed by atoms with E-state index in [0.29, 0.717) is 0 Å². The highest BCUT2D eigenvalue weighted by Gasteiger charge is 2.19. The fraction of sp³-hybridized carbons (Fsp3) is 0.200. The topological polar surface area (TPSA) is 72.8 Å². The molecule has 0 atom stereocenters. The van der Waals surface area contributed by atoms with Crippen LogP contribution >= 0.6 is 0 Å². The number of aromatic carboxylic acids is 1. The molecule has 0 saturated heterocycles. The summed E-state index contributed by atoms with van der Waals surface area (Å²) in [6.07, 6.45) is 0. The lowest BCUT2D eigenvalue weighted by atomic mass is 10.1. The van der Waals surface area contributed by atoms with Crippen LogP contribution in [-0.2, 0) is 4.74 Å². The first-order valence-corrected chi connectivity index (χ1v) is 4.36. The van der Waals surface area contributed by atoms with Crippen LogP contribution in [0.5, 0.6) is 5.75 Å². The van der Waals surface area contributed by atoms with Gasteiger partial charge in [-0.2, -0.15) is 0 Å². The Morgan fingerprint density at radius 1 is 1.27 bits per heavy atom. The monoisotopic (exact) mass is 208 g/mol. The Kier molecular flexibility index (Phi) is 2.29. The van der Waals surface area contributed by atoms with E-state index in [1.165, 1.54) is 18.2 Å². The van der Waals surface area contributed by atoms with Crippen molar-refractivity contribution in [3.8, 4) is 5.75 Å². The highest BCUT2D eigenvalue weighted by atomic mass is 16.6. The maximum Gasteiger partial charge on any atom is 0.342 e. The predicted octanol–water partition coefficient (Wildman–Crippen LogP) is 0.934. The van der Waals surface area contributed by atoms with Crippen molar-refractivity contribution in [1.29, 1.82) is 0 Å². The molecule has 78 valence electrons. The quantitative estimate of drug-likeness (QED) is 0.695. The van der Waals surface area contributed by atoms with Crippen molar-refractivity contribution in [3.63, 3.8) is 0 Å². The van der Waals surface area contributed by atoms with Crippen LogP contribution in [0.1, 0.15) is 20.7 Å². The van der Waals surface area contributed by atoms with Gasteiger partial charge >= 0.3 is 11.9 Å². The molecule has 1 aromatic rings. The fourth-order valence-corrected chi connectivity index (χ4v) is 1.31. The van der Waals surface area contributed by atoms with E-state index in [0.717, 1.165) is 0 Å². The average molecular weight is 208 g/mol. The molecule has 0 fully saturated rings. The predicted molar refractivity (Wildman–Crippen MR) is 49.2 cm³/mol. The van der Waals surface area contributed by atoms with Crippen molar-refractivity contribution < 1.29 is 24.2 Å². The van der Waals surface area contributed by atoms with Crippen LogP contribution < -0.4 is 4.74 Å². The molecule has 0 bridgehead atoms. The smallest absolute Gasteiger partial charge is 0.342 e. The number of benzene rings is 1. The van der Waals surface area contributed by atoms with E-state index in [2.05, 4.69) is 0 Å². The SMILES string of the molecule is O=C(O)c1ccc2c(c1)OCCOC2=O. The van der Waals surface area contributed by atoms with E-state index in [9.17, 15) is 9.59 Å². The fourth-order valence-electron chi connectivity index (χ4n) is 1.31. The van der Waals surface area contributed by atoms with Crippen LogP contribution in [0, 0.1) is 0 Å². The first-order chi connectivity index (χ1) is 7.18. The zero-order valence-electron chi connectivity index (χ0n) is 7.73.